The van der Waals surface area contributed by atoms with E-state index in [9.17, 15) is 4.79 Å². The molecular weight excluding hydrogens is 428 g/mol. The van der Waals surface area contributed by atoms with E-state index in [0.717, 1.165) is 21.5 Å². The predicted octanol–water partition coefficient (Wildman–Crippen LogP) is 3.22. The number of ether oxygens (including phenoxy) is 2. The van der Waals surface area contributed by atoms with Crippen LogP contribution in [0.1, 0.15) is 9.80 Å². The van der Waals surface area contributed by atoms with Gasteiger partial charge in [-0.2, -0.15) is 4.52 Å². The summed E-state index contributed by atoms with van der Waals surface area (Å²) in [6.07, 6.45) is 0. The van der Waals surface area contributed by atoms with Gasteiger partial charge in [-0.05, 0) is 42.5 Å². The Morgan fingerprint density at radius 2 is 1.91 bits per heavy atom. The summed E-state index contributed by atoms with van der Waals surface area (Å²) in [7, 11) is 1.62. The van der Waals surface area contributed by atoms with Gasteiger partial charge in [0.05, 0.1) is 23.9 Å². The molecule has 2 aromatic carbocycles. The maximum atomic E-state index is 12.3. The lowest BCUT2D eigenvalue weighted by atomic mass is 10.2. The first-order valence-electron chi connectivity index (χ1n) is 9.85. The number of carbonyl (C=O) groups excluding carboxylic acids is 1. The minimum absolute atomic E-state index is 0.223. The Morgan fingerprint density at radius 3 is 2.72 bits per heavy atom. The number of amides is 1. The third-order valence-electron chi connectivity index (χ3n) is 4.71. The predicted molar refractivity (Wildman–Crippen MR) is 120 cm³/mol. The second kappa shape index (κ2) is 8.60. The SMILES string of the molecule is COc1ccc(-c2nnc3ccc(OCCNC(=O)c4nc5ccccc5s4)nn23)cc1. The molecular formula is C22H18N6O3S. The highest BCUT2D eigenvalue weighted by Gasteiger charge is 2.13. The van der Waals surface area contributed by atoms with Crippen LogP contribution < -0.4 is 14.8 Å². The summed E-state index contributed by atoms with van der Waals surface area (Å²) in [5.74, 6) is 1.53. The van der Waals surface area contributed by atoms with Crippen molar-refractivity contribution in [2.24, 2.45) is 0 Å². The van der Waals surface area contributed by atoms with Crippen LogP contribution in [0.15, 0.2) is 60.7 Å². The maximum absolute atomic E-state index is 12.3. The standard InChI is InChI=1S/C22H18N6O3S/c1-30-15-8-6-14(7-9-15)20-26-25-18-10-11-19(27-28(18)20)31-13-12-23-21(29)22-24-16-4-2-3-5-17(16)32-22/h2-11H,12-13H2,1H3,(H,23,29). The van der Waals surface area contributed by atoms with Crippen molar-refractivity contribution in [3.63, 3.8) is 0 Å². The van der Waals surface area contributed by atoms with E-state index in [-0.39, 0.29) is 12.5 Å². The van der Waals surface area contributed by atoms with Gasteiger partial charge >= 0.3 is 0 Å². The molecule has 0 saturated carbocycles. The third kappa shape index (κ3) is 3.95. The number of carbonyl (C=O) groups is 1. The van der Waals surface area contributed by atoms with Gasteiger partial charge in [0.1, 0.15) is 12.4 Å². The third-order valence-corrected chi connectivity index (χ3v) is 5.75. The molecule has 1 amide bonds. The van der Waals surface area contributed by atoms with Crippen LogP contribution >= 0.6 is 11.3 Å². The van der Waals surface area contributed by atoms with Gasteiger partial charge < -0.3 is 14.8 Å². The molecule has 10 heteroatoms. The first-order chi connectivity index (χ1) is 15.7. The number of nitrogens with one attached hydrogen (secondary N) is 1. The van der Waals surface area contributed by atoms with Gasteiger partial charge in [-0.25, -0.2) is 4.98 Å². The second-order valence-corrected chi connectivity index (χ2v) is 7.82. The van der Waals surface area contributed by atoms with Gasteiger partial charge in [0, 0.05) is 11.6 Å². The maximum Gasteiger partial charge on any atom is 0.280 e. The number of aromatic nitrogens is 5. The van der Waals surface area contributed by atoms with Gasteiger partial charge in [0.25, 0.3) is 5.91 Å². The molecule has 0 unspecified atom stereocenters. The zero-order valence-electron chi connectivity index (χ0n) is 17.1. The summed E-state index contributed by atoms with van der Waals surface area (Å²) in [6, 6.07) is 18.6. The molecule has 3 aromatic heterocycles. The lowest BCUT2D eigenvalue weighted by Gasteiger charge is -2.07. The lowest BCUT2D eigenvalue weighted by Crippen LogP contribution is -2.28. The summed E-state index contributed by atoms with van der Waals surface area (Å²) >= 11 is 1.36. The molecule has 3 heterocycles. The van der Waals surface area contributed by atoms with E-state index in [1.54, 1.807) is 23.8 Å². The van der Waals surface area contributed by atoms with E-state index in [1.807, 2.05) is 48.5 Å². The minimum Gasteiger partial charge on any atom is -0.497 e. The monoisotopic (exact) mass is 446 g/mol. The summed E-state index contributed by atoms with van der Waals surface area (Å²) in [5, 5.41) is 16.1. The quantitative estimate of drug-likeness (QED) is 0.383. The van der Waals surface area contributed by atoms with Crippen LogP contribution in [0.4, 0.5) is 0 Å². The van der Waals surface area contributed by atoms with Crippen molar-refractivity contribution in [3.8, 4) is 23.0 Å². The zero-order chi connectivity index (χ0) is 21.9. The fraction of sp³-hybridized carbons (Fsp3) is 0.136. The van der Waals surface area contributed by atoms with Crippen molar-refractivity contribution < 1.29 is 14.3 Å². The molecule has 9 nitrogen and oxygen atoms in total. The Labute approximate surface area is 186 Å². The van der Waals surface area contributed by atoms with E-state index in [1.165, 1.54) is 11.3 Å². The van der Waals surface area contributed by atoms with Crippen LogP contribution in [0, 0.1) is 0 Å². The van der Waals surface area contributed by atoms with E-state index < -0.39 is 0 Å². The molecule has 0 aliphatic rings. The van der Waals surface area contributed by atoms with Crippen molar-refractivity contribution in [1.82, 2.24) is 30.1 Å². The number of hydrogen-bond donors (Lipinski definition) is 1. The molecule has 1 N–H and O–H groups in total. The van der Waals surface area contributed by atoms with Crippen molar-refractivity contribution >= 4 is 33.1 Å². The summed E-state index contributed by atoms with van der Waals surface area (Å²) < 4.78 is 13.5. The van der Waals surface area contributed by atoms with Crippen molar-refractivity contribution in [2.75, 3.05) is 20.3 Å². The minimum atomic E-state index is -0.223. The average Bonchev–Trinajstić information content (AvgIpc) is 3.46. The highest BCUT2D eigenvalue weighted by atomic mass is 32.1. The molecule has 0 aliphatic heterocycles. The van der Waals surface area contributed by atoms with Crippen LogP contribution in [-0.4, -0.2) is 51.0 Å². The number of thiazole rings is 1. The van der Waals surface area contributed by atoms with Crippen LogP contribution in [0.2, 0.25) is 0 Å². The van der Waals surface area contributed by atoms with E-state index in [4.69, 9.17) is 9.47 Å². The van der Waals surface area contributed by atoms with E-state index in [2.05, 4.69) is 25.6 Å². The van der Waals surface area contributed by atoms with Crippen molar-refractivity contribution in [2.45, 2.75) is 0 Å². The molecule has 0 spiro atoms. The van der Waals surface area contributed by atoms with Crippen molar-refractivity contribution in [1.29, 1.82) is 0 Å². The number of nitrogens with zero attached hydrogens (tertiary/aromatic N) is 5. The Kier molecular flexibility index (Phi) is 5.34. The molecule has 0 radical (unpaired) electrons. The van der Waals surface area contributed by atoms with Crippen molar-refractivity contribution in [3.05, 3.63) is 65.7 Å². The van der Waals surface area contributed by atoms with Gasteiger partial charge in [-0.1, -0.05) is 12.1 Å². The fourth-order valence-electron chi connectivity index (χ4n) is 3.13. The number of fused-ring (bicyclic) bond motifs is 2. The molecule has 32 heavy (non-hydrogen) atoms. The molecule has 160 valence electrons. The number of rotatable bonds is 7. The molecule has 0 aliphatic carbocycles. The molecule has 5 aromatic rings. The largest absolute Gasteiger partial charge is 0.497 e. The first kappa shape index (κ1) is 19.9. The van der Waals surface area contributed by atoms with Gasteiger partial charge in [0.15, 0.2) is 16.5 Å². The number of para-hydroxylation sites is 1. The molecule has 0 atom stereocenters. The Hall–Kier alpha value is -4.05. The highest BCUT2D eigenvalue weighted by Crippen LogP contribution is 2.22. The smallest absolute Gasteiger partial charge is 0.280 e. The Morgan fingerprint density at radius 1 is 1.06 bits per heavy atom. The van der Waals surface area contributed by atoms with E-state index in [0.29, 0.717) is 28.9 Å². The van der Waals surface area contributed by atoms with E-state index >= 15 is 0 Å². The normalized spacial score (nSPS) is 11.0. The topological polar surface area (TPSA) is 104 Å². The first-order valence-corrected chi connectivity index (χ1v) is 10.7. The molecule has 5 rings (SSSR count). The molecule has 0 bridgehead atoms. The molecule has 0 fully saturated rings. The summed E-state index contributed by atoms with van der Waals surface area (Å²) in [4.78, 5) is 16.7. The molecule has 0 saturated heterocycles. The number of methoxy groups -OCH3 is 1. The van der Waals surface area contributed by atoms with Gasteiger partial charge in [0.2, 0.25) is 5.88 Å². The fourth-order valence-corrected chi connectivity index (χ4v) is 4.02. The second-order valence-electron chi connectivity index (χ2n) is 6.78. The Balaban J connectivity index is 1.23. The van der Waals surface area contributed by atoms with Crippen LogP contribution in [-0.2, 0) is 0 Å². The number of hydrogen-bond acceptors (Lipinski definition) is 8. The highest BCUT2D eigenvalue weighted by molar-refractivity contribution is 7.20. The lowest BCUT2D eigenvalue weighted by molar-refractivity contribution is 0.0946. The van der Waals surface area contributed by atoms with Gasteiger partial charge in [-0.3, -0.25) is 4.79 Å². The summed E-state index contributed by atoms with van der Waals surface area (Å²) in [6.45, 7) is 0.580. The zero-order valence-corrected chi connectivity index (χ0v) is 17.9. The van der Waals surface area contributed by atoms with Gasteiger partial charge in [-0.15, -0.1) is 26.6 Å². The number of benzene rings is 2. The van der Waals surface area contributed by atoms with Crippen LogP contribution in [0.25, 0.3) is 27.3 Å². The van der Waals surface area contributed by atoms with Crippen LogP contribution in [0.5, 0.6) is 11.6 Å². The Bertz CT molecular complexity index is 1360. The summed E-state index contributed by atoms with van der Waals surface area (Å²) in [5.41, 5.74) is 2.27. The average molecular weight is 446 g/mol. The van der Waals surface area contributed by atoms with Crippen LogP contribution in [0.3, 0.4) is 0 Å².